The van der Waals surface area contributed by atoms with Crippen LogP contribution in [0.15, 0.2) is 18.2 Å². The van der Waals surface area contributed by atoms with Crippen LogP contribution in [0.5, 0.6) is 5.75 Å². The van der Waals surface area contributed by atoms with Crippen LogP contribution in [-0.4, -0.2) is 60.1 Å². The third-order valence-electron chi connectivity index (χ3n) is 3.49. The Labute approximate surface area is 145 Å². The second-order valence-electron chi connectivity index (χ2n) is 6.62. The Balaban J connectivity index is 1.88. The molecule has 7 nitrogen and oxygen atoms in total. The molecule has 2 rings (SSSR count). The summed E-state index contributed by atoms with van der Waals surface area (Å²) in [5.41, 5.74) is -0.684. The molecule has 0 aliphatic carbocycles. The summed E-state index contributed by atoms with van der Waals surface area (Å²) >= 11 is 0. The molecule has 0 bridgehead atoms. The third-order valence-corrected chi connectivity index (χ3v) is 3.49. The van der Waals surface area contributed by atoms with Crippen molar-refractivity contribution in [3.05, 3.63) is 29.6 Å². The number of amides is 2. The predicted octanol–water partition coefficient (Wildman–Crippen LogP) is 2.69. The Morgan fingerprint density at radius 3 is 2.12 bits per heavy atom. The summed E-state index contributed by atoms with van der Waals surface area (Å²) in [6.45, 7) is 6.57. The van der Waals surface area contributed by atoms with Crippen LogP contribution in [0.1, 0.15) is 31.1 Å². The first kappa shape index (κ1) is 18.7. The van der Waals surface area contributed by atoms with Gasteiger partial charge in [-0.15, -0.1) is 0 Å². The molecule has 0 unspecified atom stereocenters. The average Bonchev–Trinajstić information content (AvgIpc) is 2.53. The van der Waals surface area contributed by atoms with E-state index in [2.05, 4.69) is 0 Å². The van der Waals surface area contributed by atoms with E-state index < -0.39 is 23.6 Å². The van der Waals surface area contributed by atoms with Gasteiger partial charge in [0.2, 0.25) is 0 Å². The van der Waals surface area contributed by atoms with E-state index in [9.17, 15) is 18.8 Å². The summed E-state index contributed by atoms with van der Waals surface area (Å²) < 4.78 is 23.9. The van der Waals surface area contributed by atoms with Crippen molar-refractivity contribution in [2.75, 3.05) is 26.2 Å². The number of rotatable bonds is 2. The van der Waals surface area contributed by atoms with Crippen LogP contribution in [-0.2, 0) is 4.74 Å². The zero-order valence-electron chi connectivity index (χ0n) is 14.5. The molecule has 0 N–H and O–H groups in total. The predicted molar refractivity (Wildman–Crippen MR) is 87.2 cm³/mol. The van der Waals surface area contributed by atoms with Crippen LogP contribution in [0.25, 0.3) is 0 Å². The number of nitrogens with zero attached hydrogens (tertiary/aromatic N) is 2. The number of piperazine rings is 1. The zero-order chi connectivity index (χ0) is 18.6. The fraction of sp³-hybridized carbons (Fsp3) is 0.471. The van der Waals surface area contributed by atoms with E-state index in [-0.39, 0.29) is 24.4 Å². The van der Waals surface area contributed by atoms with Crippen molar-refractivity contribution in [2.45, 2.75) is 26.4 Å². The number of ether oxygens (including phenoxy) is 2. The molecule has 1 aliphatic rings. The van der Waals surface area contributed by atoms with Gasteiger partial charge < -0.3 is 19.3 Å². The molecule has 8 heteroatoms. The normalized spacial score (nSPS) is 14.9. The van der Waals surface area contributed by atoms with Crippen LogP contribution in [0, 0.1) is 5.82 Å². The quantitative estimate of drug-likeness (QED) is 0.765. The lowest BCUT2D eigenvalue weighted by atomic mass is 10.2. The molecule has 1 aromatic rings. The SMILES string of the molecule is CC(C)(C)OC(=O)N1CCN(C(=O)Oc2ccc(C=O)c(F)c2)CC1. The van der Waals surface area contributed by atoms with Crippen LogP contribution >= 0.6 is 0 Å². The van der Waals surface area contributed by atoms with Crippen LogP contribution in [0.4, 0.5) is 14.0 Å². The van der Waals surface area contributed by atoms with E-state index >= 15 is 0 Å². The van der Waals surface area contributed by atoms with E-state index in [0.717, 1.165) is 6.07 Å². The Hall–Kier alpha value is -2.64. The standard InChI is InChI=1S/C17H21FN2O5/c1-17(2,3)25-16(23)20-8-6-19(7-9-20)15(22)24-13-5-4-12(11-21)14(18)10-13/h4-5,10-11H,6-9H2,1-3H3. The fourth-order valence-electron chi connectivity index (χ4n) is 2.23. The molecule has 1 aliphatic heterocycles. The van der Waals surface area contributed by atoms with Gasteiger partial charge >= 0.3 is 12.2 Å². The van der Waals surface area contributed by atoms with Crippen molar-refractivity contribution in [3.63, 3.8) is 0 Å². The van der Waals surface area contributed by atoms with Gasteiger partial charge in [-0.05, 0) is 32.9 Å². The maximum atomic E-state index is 13.5. The minimum absolute atomic E-state index is 0.0164. The van der Waals surface area contributed by atoms with Crippen molar-refractivity contribution >= 4 is 18.5 Å². The topological polar surface area (TPSA) is 76.2 Å². The van der Waals surface area contributed by atoms with Crippen molar-refractivity contribution in [1.29, 1.82) is 0 Å². The smallest absolute Gasteiger partial charge is 0.415 e. The number of halogens is 1. The van der Waals surface area contributed by atoms with E-state index in [4.69, 9.17) is 9.47 Å². The molecule has 0 atom stereocenters. The molecule has 0 aromatic heterocycles. The maximum absolute atomic E-state index is 13.5. The molecule has 1 saturated heterocycles. The molecule has 0 radical (unpaired) electrons. The molecule has 1 aromatic carbocycles. The lowest BCUT2D eigenvalue weighted by Gasteiger charge is -2.34. The number of carbonyl (C=O) groups excluding carboxylic acids is 3. The molecule has 136 valence electrons. The van der Waals surface area contributed by atoms with E-state index in [0.29, 0.717) is 19.4 Å². The monoisotopic (exact) mass is 352 g/mol. The zero-order valence-corrected chi connectivity index (χ0v) is 14.5. The first-order chi connectivity index (χ1) is 11.7. The fourth-order valence-corrected chi connectivity index (χ4v) is 2.23. The molecule has 1 fully saturated rings. The molecule has 2 amide bonds. The lowest BCUT2D eigenvalue weighted by molar-refractivity contribution is 0.0154. The summed E-state index contributed by atoms with van der Waals surface area (Å²) in [7, 11) is 0. The van der Waals surface area contributed by atoms with Crippen molar-refractivity contribution in [1.82, 2.24) is 9.80 Å². The number of hydrogen-bond donors (Lipinski definition) is 0. The highest BCUT2D eigenvalue weighted by atomic mass is 19.1. The van der Waals surface area contributed by atoms with Gasteiger partial charge in [-0.25, -0.2) is 14.0 Å². The van der Waals surface area contributed by atoms with Gasteiger partial charge in [0, 0.05) is 32.2 Å². The average molecular weight is 352 g/mol. The lowest BCUT2D eigenvalue weighted by Crippen LogP contribution is -2.52. The number of aldehydes is 1. The summed E-state index contributed by atoms with van der Waals surface area (Å²) in [6, 6.07) is 3.58. The van der Waals surface area contributed by atoms with Crippen molar-refractivity contribution in [2.24, 2.45) is 0 Å². The minimum Gasteiger partial charge on any atom is -0.444 e. The van der Waals surface area contributed by atoms with Gasteiger partial charge in [0.25, 0.3) is 0 Å². The highest BCUT2D eigenvalue weighted by Gasteiger charge is 2.28. The van der Waals surface area contributed by atoms with Gasteiger partial charge in [-0.2, -0.15) is 0 Å². The summed E-state index contributed by atoms with van der Waals surface area (Å²) in [4.78, 5) is 37.6. The van der Waals surface area contributed by atoms with Crippen LogP contribution < -0.4 is 4.74 Å². The van der Waals surface area contributed by atoms with Gasteiger partial charge in [0.15, 0.2) is 6.29 Å². The van der Waals surface area contributed by atoms with Crippen LogP contribution in [0.2, 0.25) is 0 Å². The number of hydrogen-bond acceptors (Lipinski definition) is 5. The largest absolute Gasteiger partial charge is 0.444 e. The van der Waals surface area contributed by atoms with Gasteiger partial charge in [0.05, 0.1) is 5.56 Å². The van der Waals surface area contributed by atoms with E-state index in [1.165, 1.54) is 21.9 Å². The molecular formula is C17H21FN2O5. The molecular weight excluding hydrogens is 331 g/mol. The molecule has 0 spiro atoms. The van der Waals surface area contributed by atoms with E-state index in [1.54, 1.807) is 20.8 Å². The van der Waals surface area contributed by atoms with Crippen LogP contribution in [0.3, 0.4) is 0 Å². The molecule has 1 heterocycles. The first-order valence-electron chi connectivity index (χ1n) is 7.89. The van der Waals surface area contributed by atoms with Gasteiger partial charge in [-0.1, -0.05) is 0 Å². The Bertz CT molecular complexity index is 663. The first-order valence-corrected chi connectivity index (χ1v) is 7.89. The molecule has 0 saturated carbocycles. The minimum atomic E-state index is -0.755. The van der Waals surface area contributed by atoms with Gasteiger partial charge in [-0.3, -0.25) is 4.79 Å². The highest BCUT2D eigenvalue weighted by Crippen LogP contribution is 2.17. The third kappa shape index (κ3) is 5.17. The summed E-state index contributed by atoms with van der Waals surface area (Å²) in [5.74, 6) is -0.738. The maximum Gasteiger partial charge on any atom is 0.415 e. The second kappa shape index (κ2) is 7.50. The van der Waals surface area contributed by atoms with Gasteiger partial charge in [0.1, 0.15) is 17.2 Å². The summed E-state index contributed by atoms with van der Waals surface area (Å²) in [6.07, 6.45) is -0.675. The Morgan fingerprint density at radius 1 is 1.08 bits per heavy atom. The summed E-state index contributed by atoms with van der Waals surface area (Å²) in [5, 5.41) is 0. The highest BCUT2D eigenvalue weighted by molar-refractivity contribution is 5.76. The van der Waals surface area contributed by atoms with Crippen molar-refractivity contribution in [3.8, 4) is 5.75 Å². The Kier molecular flexibility index (Phi) is 5.61. The Morgan fingerprint density at radius 2 is 1.64 bits per heavy atom. The van der Waals surface area contributed by atoms with E-state index in [1.807, 2.05) is 0 Å². The second-order valence-corrected chi connectivity index (χ2v) is 6.62. The molecule has 25 heavy (non-hydrogen) atoms. The van der Waals surface area contributed by atoms with Crippen molar-refractivity contribution < 1.29 is 28.2 Å². The number of carbonyl (C=O) groups is 3. The number of benzene rings is 1.